The highest BCUT2D eigenvalue weighted by molar-refractivity contribution is 6.02. The Morgan fingerprint density at radius 1 is 1.45 bits per heavy atom. The predicted octanol–water partition coefficient (Wildman–Crippen LogP) is 1.82. The summed E-state index contributed by atoms with van der Waals surface area (Å²) in [6.07, 6.45) is -0.666. The molecule has 1 atom stereocenters. The van der Waals surface area contributed by atoms with E-state index >= 15 is 0 Å². The van der Waals surface area contributed by atoms with Crippen LogP contribution in [0.15, 0.2) is 18.2 Å². The Kier molecular flexibility index (Phi) is 4.22. The van der Waals surface area contributed by atoms with E-state index < -0.39 is 23.6 Å². The molecule has 22 heavy (non-hydrogen) atoms. The van der Waals surface area contributed by atoms with E-state index in [-0.39, 0.29) is 6.54 Å². The number of nitrogens with zero attached hydrogens (tertiary/aromatic N) is 1. The average molecular weight is 302 g/mol. The molecule has 2 amide bonds. The molecule has 3 N–H and O–H groups in total. The first-order valence-corrected chi connectivity index (χ1v) is 6.87. The number of para-hydroxylation sites is 1. The van der Waals surface area contributed by atoms with Crippen LogP contribution in [0.3, 0.4) is 0 Å². The fourth-order valence-corrected chi connectivity index (χ4v) is 2.01. The lowest BCUT2D eigenvalue weighted by molar-refractivity contribution is -0.117. The third kappa shape index (κ3) is 3.67. The quantitative estimate of drug-likeness (QED) is 0.734. The molecule has 1 aromatic carbocycles. The number of alkyl carbamates (subject to hydrolysis) is 1. The zero-order chi connectivity index (χ0) is 16.3. The Bertz CT molecular complexity index is 643. The van der Waals surface area contributed by atoms with Crippen molar-refractivity contribution in [2.45, 2.75) is 32.4 Å². The zero-order valence-electron chi connectivity index (χ0n) is 12.7. The molecular weight excluding hydrogens is 284 g/mol. The SMILES string of the molecule is CC(C)(C)OC(=O)N[C@H]1CNc2cccc(C#N)c2NC1=O. The molecule has 0 aliphatic carbocycles. The van der Waals surface area contributed by atoms with Gasteiger partial charge in [-0.2, -0.15) is 5.26 Å². The van der Waals surface area contributed by atoms with E-state index in [4.69, 9.17) is 10.00 Å². The molecule has 0 bridgehead atoms. The van der Waals surface area contributed by atoms with Crippen molar-refractivity contribution < 1.29 is 14.3 Å². The van der Waals surface area contributed by atoms with Crippen LogP contribution in [0.5, 0.6) is 0 Å². The van der Waals surface area contributed by atoms with Crippen molar-refractivity contribution in [1.29, 1.82) is 5.26 Å². The lowest BCUT2D eigenvalue weighted by Crippen LogP contribution is -2.48. The molecule has 0 aromatic heterocycles. The summed E-state index contributed by atoms with van der Waals surface area (Å²) in [4.78, 5) is 24.0. The predicted molar refractivity (Wildman–Crippen MR) is 81.4 cm³/mol. The number of nitrogens with one attached hydrogen (secondary N) is 3. The maximum Gasteiger partial charge on any atom is 0.408 e. The Balaban J connectivity index is 2.12. The van der Waals surface area contributed by atoms with E-state index in [9.17, 15) is 9.59 Å². The Hall–Kier alpha value is -2.75. The number of ether oxygens (including phenoxy) is 1. The van der Waals surface area contributed by atoms with Gasteiger partial charge in [-0.3, -0.25) is 4.79 Å². The normalized spacial score (nSPS) is 17.2. The van der Waals surface area contributed by atoms with Crippen molar-refractivity contribution in [2.24, 2.45) is 0 Å². The average Bonchev–Trinajstić information content (AvgIpc) is 2.56. The first-order valence-electron chi connectivity index (χ1n) is 6.87. The van der Waals surface area contributed by atoms with E-state index in [1.54, 1.807) is 39.0 Å². The number of benzene rings is 1. The Labute approximate surface area is 128 Å². The van der Waals surface area contributed by atoms with Crippen LogP contribution in [0.25, 0.3) is 0 Å². The number of carbonyl (C=O) groups is 2. The molecule has 0 saturated carbocycles. The van der Waals surface area contributed by atoms with E-state index in [1.807, 2.05) is 6.07 Å². The van der Waals surface area contributed by atoms with Gasteiger partial charge in [0, 0.05) is 6.54 Å². The number of rotatable bonds is 1. The van der Waals surface area contributed by atoms with Crippen LogP contribution in [-0.2, 0) is 9.53 Å². The summed E-state index contributed by atoms with van der Waals surface area (Å²) < 4.78 is 5.14. The second-order valence-electron chi connectivity index (χ2n) is 5.91. The number of nitriles is 1. The minimum atomic E-state index is -0.797. The summed E-state index contributed by atoms with van der Waals surface area (Å²) in [5.41, 5.74) is 0.774. The van der Waals surface area contributed by atoms with Crippen LogP contribution in [0, 0.1) is 11.3 Å². The lowest BCUT2D eigenvalue weighted by atomic mass is 10.1. The van der Waals surface area contributed by atoms with Gasteiger partial charge in [-0.25, -0.2) is 4.79 Å². The van der Waals surface area contributed by atoms with Gasteiger partial charge in [0.05, 0.1) is 16.9 Å². The van der Waals surface area contributed by atoms with Crippen LogP contribution in [0.4, 0.5) is 16.2 Å². The van der Waals surface area contributed by atoms with Crippen LogP contribution in [0.2, 0.25) is 0 Å². The number of carbonyl (C=O) groups excluding carboxylic acids is 2. The minimum Gasteiger partial charge on any atom is -0.444 e. The molecule has 0 saturated heterocycles. The van der Waals surface area contributed by atoms with Gasteiger partial charge in [-0.1, -0.05) is 6.07 Å². The van der Waals surface area contributed by atoms with Gasteiger partial charge < -0.3 is 20.7 Å². The van der Waals surface area contributed by atoms with Crippen molar-refractivity contribution in [3.05, 3.63) is 23.8 Å². The highest BCUT2D eigenvalue weighted by atomic mass is 16.6. The highest BCUT2D eigenvalue weighted by Crippen LogP contribution is 2.27. The smallest absolute Gasteiger partial charge is 0.408 e. The molecular formula is C15H18N4O3. The standard InChI is InChI=1S/C15H18N4O3/c1-15(2,3)22-14(21)18-11-8-17-10-6-4-5-9(7-16)12(10)19-13(11)20/h4-6,11,17H,8H2,1-3H3,(H,18,21)(H,19,20)/t11-/m0/s1. The first-order chi connectivity index (χ1) is 10.3. The van der Waals surface area contributed by atoms with Gasteiger partial charge in [-0.05, 0) is 32.9 Å². The van der Waals surface area contributed by atoms with Gasteiger partial charge in [0.25, 0.3) is 0 Å². The summed E-state index contributed by atoms with van der Waals surface area (Å²) >= 11 is 0. The molecule has 116 valence electrons. The summed E-state index contributed by atoms with van der Waals surface area (Å²) in [6.45, 7) is 5.43. The van der Waals surface area contributed by atoms with Gasteiger partial charge in [-0.15, -0.1) is 0 Å². The molecule has 1 aliphatic rings. The molecule has 1 heterocycles. The topological polar surface area (TPSA) is 103 Å². The Morgan fingerprint density at radius 2 is 2.18 bits per heavy atom. The van der Waals surface area contributed by atoms with Crippen molar-refractivity contribution in [3.8, 4) is 6.07 Å². The van der Waals surface area contributed by atoms with E-state index in [0.717, 1.165) is 0 Å². The summed E-state index contributed by atoms with van der Waals surface area (Å²) in [6, 6.07) is 6.32. The van der Waals surface area contributed by atoms with Crippen molar-refractivity contribution in [3.63, 3.8) is 0 Å². The second-order valence-corrected chi connectivity index (χ2v) is 5.91. The third-order valence-corrected chi connectivity index (χ3v) is 2.94. The van der Waals surface area contributed by atoms with Gasteiger partial charge in [0.1, 0.15) is 17.7 Å². The monoisotopic (exact) mass is 302 g/mol. The maximum atomic E-state index is 12.2. The largest absolute Gasteiger partial charge is 0.444 e. The minimum absolute atomic E-state index is 0.201. The molecule has 1 aromatic rings. The van der Waals surface area contributed by atoms with Gasteiger partial charge >= 0.3 is 6.09 Å². The van der Waals surface area contributed by atoms with Crippen LogP contribution < -0.4 is 16.0 Å². The number of fused-ring (bicyclic) bond motifs is 1. The van der Waals surface area contributed by atoms with E-state index in [2.05, 4.69) is 16.0 Å². The molecule has 1 aliphatic heterocycles. The summed E-state index contributed by atoms with van der Waals surface area (Å²) in [5.74, 6) is -0.403. The maximum absolute atomic E-state index is 12.2. The van der Waals surface area contributed by atoms with Crippen molar-refractivity contribution in [1.82, 2.24) is 5.32 Å². The van der Waals surface area contributed by atoms with E-state index in [0.29, 0.717) is 16.9 Å². The van der Waals surface area contributed by atoms with Crippen molar-refractivity contribution >= 4 is 23.4 Å². The van der Waals surface area contributed by atoms with Gasteiger partial charge in [0.2, 0.25) is 5.91 Å². The van der Waals surface area contributed by atoms with Gasteiger partial charge in [0.15, 0.2) is 0 Å². The first kappa shape index (κ1) is 15.6. The van der Waals surface area contributed by atoms with Crippen LogP contribution >= 0.6 is 0 Å². The summed E-state index contributed by atoms with van der Waals surface area (Å²) in [7, 11) is 0. The van der Waals surface area contributed by atoms with Crippen molar-refractivity contribution in [2.75, 3.05) is 17.2 Å². The molecule has 2 rings (SSSR count). The molecule has 7 nitrogen and oxygen atoms in total. The van der Waals surface area contributed by atoms with Crippen LogP contribution in [-0.4, -0.2) is 30.2 Å². The fourth-order valence-electron chi connectivity index (χ4n) is 2.01. The number of hydrogen-bond donors (Lipinski definition) is 3. The molecule has 0 unspecified atom stereocenters. The third-order valence-electron chi connectivity index (χ3n) is 2.94. The molecule has 0 fully saturated rings. The zero-order valence-corrected chi connectivity index (χ0v) is 12.7. The molecule has 0 radical (unpaired) electrons. The molecule has 0 spiro atoms. The highest BCUT2D eigenvalue weighted by Gasteiger charge is 2.28. The van der Waals surface area contributed by atoms with E-state index in [1.165, 1.54) is 0 Å². The lowest BCUT2D eigenvalue weighted by Gasteiger charge is -2.22. The second kappa shape index (κ2) is 5.93. The number of anilines is 2. The molecule has 7 heteroatoms. The number of hydrogen-bond acceptors (Lipinski definition) is 5. The number of amides is 2. The Morgan fingerprint density at radius 3 is 2.82 bits per heavy atom. The summed E-state index contributed by atoms with van der Waals surface area (Å²) in [5, 5.41) is 17.3. The fraction of sp³-hybridized carbons (Fsp3) is 0.400. The van der Waals surface area contributed by atoms with Crippen LogP contribution in [0.1, 0.15) is 26.3 Å².